The molecule has 0 aromatic heterocycles. The Kier molecular flexibility index (Phi) is 14.2. The molecule has 8 N–H and O–H groups in total. The summed E-state index contributed by atoms with van der Waals surface area (Å²) in [5.41, 5.74) is 1.32. The molecule has 2 amide bonds. The van der Waals surface area contributed by atoms with Gasteiger partial charge in [0.05, 0.1) is 0 Å². The van der Waals surface area contributed by atoms with E-state index in [0.29, 0.717) is 20.0 Å². The Bertz CT molecular complexity index is 812. The highest BCUT2D eigenvalue weighted by atomic mass is 32.2. The van der Waals surface area contributed by atoms with Gasteiger partial charge in [0, 0.05) is 36.7 Å². The molecule has 11 nitrogen and oxygen atoms in total. The molecule has 0 spiro atoms. The van der Waals surface area contributed by atoms with Crippen LogP contribution in [0.2, 0.25) is 0 Å². The van der Waals surface area contributed by atoms with Crippen molar-refractivity contribution in [2.75, 3.05) is 22.1 Å². The number of carbonyl (C=O) groups is 4. The Morgan fingerprint density at radius 1 is 0.788 bits per heavy atom. The Labute approximate surface area is 209 Å². The van der Waals surface area contributed by atoms with Gasteiger partial charge in [-0.1, -0.05) is 48.0 Å². The lowest BCUT2D eigenvalue weighted by atomic mass is 10.3. The molecule has 1 rings (SSSR count). The third kappa shape index (κ3) is 13.0. The van der Waals surface area contributed by atoms with Crippen molar-refractivity contribution in [3.8, 4) is 0 Å². The number of hydrogen-bond donors (Lipinski definition) is 6. The van der Waals surface area contributed by atoms with Crippen molar-refractivity contribution < 1.29 is 34.9 Å². The topological polar surface area (TPSA) is 188 Å². The molecule has 33 heavy (non-hydrogen) atoms. The summed E-state index contributed by atoms with van der Waals surface area (Å²) < 4.78 is 0.678. The molecule has 0 aliphatic carbocycles. The highest BCUT2D eigenvalue weighted by molar-refractivity contribution is 8.23. The van der Waals surface area contributed by atoms with E-state index in [9.17, 15) is 19.2 Å². The number of hydrogen-bond acceptors (Lipinski definition) is 8. The molecule has 0 aliphatic heterocycles. The highest BCUT2D eigenvalue weighted by Crippen LogP contribution is 2.18. The van der Waals surface area contributed by atoms with Crippen molar-refractivity contribution in [3.63, 3.8) is 0 Å². The van der Waals surface area contributed by atoms with E-state index in [1.54, 1.807) is 24.3 Å². The highest BCUT2D eigenvalue weighted by Gasteiger charge is 2.20. The van der Waals surface area contributed by atoms with E-state index in [-0.39, 0.29) is 17.0 Å². The Morgan fingerprint density at radius 2 is 1.09 bits per heavy atom. The largest absolute Gasteiger partial charge is 0.480 e. The zero-order valence-electron chi connectivity index (χ0n) is 17.5. The molecule has 0 heterocycles. The third-order valence-electron chi connectivity index (χ3n) is 3.49. The number of carboxylic acids is 2. The van der Waals surface area contributed by atoms with Crippen molar-refractivity contribution in [2.45, 2.75) is 25.9 Å². The molecular weight excluding hydrogens is 512 g/mol. The maximum Gasteiger partial charge on any atom is 0.327 e. The third-order valence-corrected chi connectivity index (χ3v) is 6.13. The van der Waals surface area contributed by atoms with E-state index < -0.39 is 35.8 Å². The van der Waals surface area contributed by atoms with E-state index in [2.05, 4.69) is 21.3 Å². The van der Waals surface area contributed by atoms with Crippen LogP contribution in [0.1, 0.15) is 13.8 Å². The molecule has 1 aromatic carbocycles. The molecule has 182 valence electrons. The van der Waals surface area contributed by atoms with Crippen LogP contribution in [-0.2, 0) is 19.2 Å². The second-order valence-electron chi connectivity index (χ2n) is 6.21. The molecule has 0 saturated heterocycles. The van der Waals surface area contributed by atoms with Crippen molar-refractivity contribution in [3.05, 3.63) is 24.3 Å². The zero-order valence-corrected chi connectivity index (χ0v) is 20.8. The fraction of sp³-hybridized carbons (Fsp3) is 0.333. The molecule has 1 aromatic rings. The van der Waals surface area contributed by atoms with Gasteiger partial charge in [0.25, 0.3) is 0 Å². The van der Waals surface area contributed by atoms with Crippen LogP contribution in [0, 0.1) is 0 Å². The SMILES string of the molecule is CC(=O)NC(CSC(=S)Nc1ccc(NC(=S)SCC(NC(C)=O)C(=O)O)cc1)C(=O)O.O. The summed E-state index contributed by atoms with van der Waals surface area (Å²) >= 11 is 12.6. The van der Waals surface area contributed by atoms with Gasteiger partial charge >= 0.3 is 11.9 Å². The van der Waals surface area contributed by atoms with Crippen LogP contribution in [0.25, 0.3) is 0 Å². The lowest BCUT2D eigenvalue weighted by Crippen LogP contribution is -2.41. The maximum absolute atomic E-state index is 11.1. The number of amides is 2. The van der Waals surface area contributed by atoms with Gasteiger partial charge in [-0.3, -0.25) is 9.59 Å². The first kappa shape index (κ1) is 30.5. The molecule has 0 saturated carbocycles. The fourth-order valence-electron chi connectivity index (χ4n) is 2.10. The van der Waals surface area contributed by atoms with Gasteiger partial charge in [0.2, 0.25) is 11.8 Å². The molecule has 0 radical (unpaired) electrons. The van der Waals surface area contributed by atoms with Crippen LogP contribution in [-0.4, -0.2) is 71.7 Å². The second-order valence-corrected chi connectivity index (χ2v) is 9.60. The Morgan fingerprint density at radius 3 is 1.33 bits per heavy atom. The minimum absolute atomic E-state index is 0. The predicted molar refractivity (Wildman–Crippen MR) is 138 cm³/mol. The van der Waals surface area contributed by atoms with Gasteiger partial charge in [-0.25, -0.2) is 9.59 Å². The van der Waals surface area contributed by atoms with Crippen molar-refractivity contribution in [1.82, 2.24) is 10.6 Å². The molecule has 15 heteroatoms. The average molecular weight is 537 g/mol. The monoisotopic (exact) mass is 536 g/mol. The first-order chi connectivity index (χ1) is 15.0. The van der Waals surface area contributed by atoms with Gasteiger partial charge in [-0.15, -0.1) is 0 Å². The first-order valence-electron chi connectivity index (χ1n) is 8.95. The van der Waals surface area contributed by atoms with Gasteiger partial charge in [0.15, 0.2) is 0 Å². The molecule has 0 bridgehead atoms. The Balaban J connectivity index is 0.0000102. The molecule has 2 unspecified atom stereocenters. The first-order valence-corrected chi connectivity index (χ1v) is 11.7. The predicted octanol–water partition coefficient (Wildman–Crippen LogP) is 0.901. The zero-order chi connectivity index (χ0) is 24.3. The van der Waals surface area contributed by atoms with Gasteiger partial charge in [-0.05, 0) is 24.3 Å². The summed E-state index contributed by atoms with van der Waals surface area (Å²) in [6.45, 7) is 2.48. The van der Waals surface area contributed by atoms with Gasteiger partial charge in [-0.2, -0.15) is 0 Å². The Hall–Kier alpha value is -2.46. The van der Waals surface area contributed by atoms with Crippen LogP contribution in [0.4, 0.5) is 11.4 Å². The van der Waals surface area contributed by atoms with E-state index >= 15 is 0 Å². The smallest absolute Gasteiger partial charge is 0.327 e. The van der Waals surface area contributed by atoms with Crippen LogP contribution >= 0.6 is 48.0 Å². The number of carboxylic acid groups (broad SMARTS) is 2. The molecule has 2 atom stereocenters. The minimum atomic E-state index is -1.15. The van der Waals surface area contributed by atoms with Crippen LogP contribution in [0.3, 0.4) is 0 Å². The molecular formula is C18H24N4O7S4. The number of nitrogens with one attached hydrogen (secondary N) is 4. The summed E-state index contributed by atoms with van der Waals surface area (Å²) in [5.74, 6) is -3.03. The van der Waals surface area contributed by atoms with Crippen LogP contribution in [0.5, 0.6) is 0 Å². The second kappa shape index (κ2) is 15.4. The van der Waals surface area contributed by atoms with E-state index in [0.717, 1.165) is 23.5 Å². The summed E-state index contributed by atoms with van der Waals surface area (Å²) in [6, 6.07) is 4.80. The number of aliphatic carboxylic acids is 2. The van der Waals surface area contributed by atoms with Crippen LogP contribution < -0.4 is 21.3 Å². The quantitative estimate of drug-likeness (QED) is 0.232. The number of carbonyl (C=O) groups excluding carboxylic acids is 2. The number of rotatable bonds is 10. The van der Waals surface area contributed by atoms with Crippen molar-refractivity contribution >= 4 is 91.7 Å². The van der Waals surface area contributed by atoms with E-state index in [1.165, 1.54) is 13.8 Å². The van der Waals surface area contributed by atoms with E-state index in [1.807, 2.05) is 0 Å². The summed E-state index contributed by atoms with van der Waals surface area (Å²) in [4.78, 5) is 44.4. The summed E-state index contributed by atoms with van der Waals surface area (Å²) in [7, 11) is 0. The lowest BCUT2D eigenvalue weighted by molar-refractivity contribution is -0.141. The van der Waals surface area contributed by atoms with Crippen molar-refractivity contribution in [1.29, 1.82) is 0 Å². The van der Waals surface area contributed by atoms with Gasteiger partial charge in [0.1, 0.15) is 20.7 Å². The number of thioether (sulfide) groups is 2. The average Bonchev–Trinajstić information content (AvgIpc) is 2.69. The van der Waals surface area contributed by atoms with Crippen LogP contribution in [0.15, 0.2) is 24.3 Å². The number of anilines is 2. The lowest BCUT2D eigenvalue weighted by Gasteiger charge is -2.15. The number of benzene rings is 1. The maximum atomic E-state index is 11.1. The molecule has 0 aliphatic rings. The minimum Gasteiger partial charge on any atom is -0.480 e. The number of thiocarbonyl (C=S) groups is 2. The van der Waals surface area contributed by atoms with Crippen molar-refractivity contribution in [2.24, 2.45) is 0 Å². The molecule has 0 fully saturated rings. The van der Waals surface area contributed by atoms with E-state index in [4.69, 9.17) is 34.6 Å². The van der Waals surface area contributed by atoms with Gasteiger partial charge < -0.3 is 37.0 Å². The fourth-order valence-corrected chi connectivity index (χ4v) is 4.21. The normalized spacial score (nSPS) is 11.7. The standard InChI is InChI=1S/C18H22N4O6S4.H2O/c1-9(23)19-13(15(25)26)7-31-17(29)21-11-3-5-12(6-4-11)22-18(30)32-8-14(16(27)28)20-10(2)24;/h3-6,13-14H,7-8H2,1-2H3,(H,19,23)(H,20,24)(H,21,29)(H,22,30)(H,25,26)(H,27,28);1H2. The summed E-state index contributed by atoms with van der Waals surface area (Å²) in [5, 5.41) is 28.8. The summed E-state index contributed by atoms with van der Waals surface area (Å²) in [6.07, 6.45) is 0.